The summed E-state index contributed by atoms with van der Waals surface area (Å²) in [6, 6.07) is 3.74. The SMILES string of the molecule is C[C@H]1[C@H](c2ccc(F)c(F)c2OC(F)F)[C@H](C(=O)Nc2ccc(F)c(C(N)=O)c2)O[C@@]1(C)C(F)(F)F. The number of amides is 2. The number of halogens is 8. The molecule has 6 nitrogen and oxygen atoms in total. The van der Waals surface area contributed by atoms with E-state index in [1.165, 1.54) is 0 Å². The minimum absolute atomic E-state index is 0.264. The Morgan fingerprint density at radius 3 is 2.28 bits per heavy atom. The summed E-state index contributed by atoms with van der Waals surface area (Å²) in [5.74, 6) is -11.9. The van der Waals surface area contributed by atoms with Crippen LogP contribution in [0.4, 0.5) is 40.8 Å². The molecule has 2 aromatic rings. The van der Waals surface area contributed by atoms with Crippen LogP contribution in [0, 0.1) is 23.4 Å². The highest BCUT2D eigenvalue weighted by Crippen LogP contribution is 2.55. The van der Waals surface area contributed by atoms with E-state index in [0.29, 0.717) is 19.1 Å². The van der Waals surface area contributed by atoms with Gasteiger partial charge in [-0.1, -0.05) is 13.0 Å². The van der Waals surface area contributed by atoms with Gasteiger partial charge < -0.3 is 20.5 Å². The van der Waals surface area contributed by atoms with Crippen molar-refractivity contribution in [2.24, 2.45) is 11.7 Å². The zero-order valence-corrected chi connectivity index (χ0v) is 18.4. The molecule has 2 aromatic carbocycles. The molecule has 0 saturated carbocycles. The highest BCUT2D eigenvalue weighted by molar-refractivity contribution is 5.98. The molecule has 14 heteroatoms. The second-order valence-corrected chi connectivity index (χ2v) is 8.16. The molecule has 1 aliphatic rings. The number of nitrogens with one attached hydrogen (secondary N) is 1. The number of carbonyl (C=O) groups is 2. The lowest BCUT2D eigenvalue weighted by atomic mass is 9.77. The number of carbonyl (C=O) groups excluding carboxylic acids is 2. The Kier molecular flexibility index (Phi) is 7.22. The maximum absolute atomic E-state index is 14.4. The molecule has 4 atom stereocenters. The number of hydrogen-bond acceptors (Lipinski definition) is 4. The summed E-state index contributed by atoms with van der Waals surface area (Å²) >= 11 is 0. The molecule has 0 aliphatic carbocycles. The molecule has 0 radical (unpaired) electrons. The van der Waals surface area contributed by atoms with Crippen LogP contribution in [0.1, 0.15) is 35.7 Å². The van der Waals surface area contributed by atoms with E-state index >= 15 is 0 Å². The summed E-state index contributed by atoms with van der Waals surface area (Å²) in [7, 11) is 0. The summed E-state index contributed by atoms with van der Waals surface area (Å²) in [6.07, 6.45) is -7.18. The van der Waals surface area contributed by atoms with Crippen molar-refractivity contribution in [3.8, 4) is 5.75 Å². The fraction of sp³-hybridized carbons (Fsp3) is 0.364. The number of benzene rings is 2. The van der Waals surface area contributed by atoms with Crippen LogP contribution in [0.5, 0.6) is 5.75 Å². The Bertz CT molecular complexity index is 1190. The second kappa shape index (κ2) is 9.56. The average Bonchev–Trinajstić information content (AvgIpc) is 3.04. The van der Waals surface area contributed by atoms with E-state index in [4.69, 9.17) is 10.5 Å². The first-order valence-corrected chi connectivity index (χ1v) is 10.2. The van der Waals surface area contributed by atoms with Crippen molar-refractivity contribution in [3.05, 3.63) is 58.9 Å². The van der Waals surface area contributed by atoms with Crippen molar-refractivity contribution in [1.29, 1.82) is 0 Å². The quantitative estimate of drug-likeness (QED) is 0.525. The third-order valence-corrected chi connectivity index (χ3v) is 6.07. The lowest BCUT2D eigenvalue weighted by Gasteiger charge is -2.32. The van der Waals surface area contributed by atoms with Crippen LogP contribution in [0.3, 0.4) is 0 Å². The van der Waals surface area contributed by atoms with E-state index in [9.17, 15) is 44.7 Å². The van der Waals surface area contributed by atoms with Crippen LogP contribution in [0.25, 0.3) is 0 Å². The summed E-state index contributed by atoms with van der Waals surface area (Å²) in [6.45, 7) is -2.08. The molecule has 0 spiro atoms. The minimum atomic E-state index is -5.09. The van der Waals surface area contributed by atoms with E-state index in [1.54, 1.807) is 0 Å². The molecule has 2 amide bonds. The number of rotatable bonds is 6. The highest BCUT2D eigenvalue weighted by Gasteiger charge is 2.66. The third-order valence-electron chi connectivity index (χ3n) is 6.07. The van der Waals surface area contributed by atoms with E-state index in [1.807, 2.05) is 0 Å². The van der Waals surface area contributed by atoms with Crippen molar-refractivity contribution in [2.75, 3.05) is 5.32 Å². The number of hydrogen-bond donors (Lipinski definition) is 2. The van der Waals surface area contributed by atoms with Crippen molar-refractivity contribution >= 4 is 17.5 Å². The fourth-order valence-electron chi connectivity index (χ4n) is 4.05. The standard InChI is InChI=1S/C22H18F8N2O4/c1-8-14(10-4-6-13(24)15(25)16(10)35-20(26)27)17(36-21(8,2)22(28,29)30)19(34)32-9-3-5-12(23)11(7-9)18(31)33/h3-8,14,17,20H,1-2H3,(H2,31,33)(H,32,34)/t8-,14+,17+,21+/m0/s1. The molecule has 3 N–H and O–H groups in total. The zero-order valence-electron chi connectivity index (χ0n) is 18.4. The van der Waals surface area contributed by atoms with Crippen molar-refractivity contribution < 1.29 is 54.2 Å². The molecule has 0 unspecified atom stereocenters. The lowest BCUT2D eigenvalue weighted by molar-refractivity contribution is -0.272. The van der Waals surface area contributed by atoms with Gasteiger partial charge >= 0.3 is 12.8 Å². The van der Waals surface area contributed by atoms with Crippen LogP contribution in [0.2, 0.25) is 0 Å². The first-order valence-electron chi connectivity index (χ1n) is 10.2. The smallest absolute Gasteiger partial charge is 0.417 e. The molecule has 1 aliphatic heterocycles. The number of primary amides is 1. The molecule has 1 heterocycles. The fourth-order valence-corrected chi connectivity index (χ4v) is 4.05. The van der Waals surface area contributed by atoms with Gasteiger partial charge in [0, 0.05) is 23.1 Å². The number of nitrogens with two attached hydrogens (primary N) is 1. The van der Waals surface area contributed by atoms with Crippen molar-refractivity contribution in [1.82, 2.24) is 0 Å². The maximum Gasteiger partial charge on any atom is 0.417 e. The monoisotopic (exact) mass is 526 g/mol. The molecule has 0 bridgehead atoms. The van der Waals surface area contributed by atoms with Gasteiger partial charge in [0.1, 0.15) is 11.9 Å². The summed E-state index contributed by atoms with van der Waals surface area (Å²) in [5, 5.41) is 2.14. The number of anilines is 1. The van der Waals surface area contributed by atoms with Crippen LogP contribution >= 0.6 is 0 Å². The molecular weight excluding hydrogens is 508 g/mol. The Morgan fingerprint density at radius 2 is 1.72 bits per heavy atom. The summed E-state index contributed by atoms with van der Waals surface area (Å²) < 4.78 is 119. The Morgan fingerprint density at radius 1 is 1.11 bits per heavy atom. The zero-order chi connectivity index (χ0) is 27.2. The summed E-state index contributed by atoms with van der Waals surface area (Å²) in [5.41, 5.74) is 0.424. The Labute approximate surface area is 198 Å². The van der Waals surface area contributed by atoms with Crippen LogP contribution < -0.4 is 15.8 Å². The Balaban J connectivity index is 2.11. The van der Waals surface area contributed by atoms with Gasteiger partial charge in [0.05, 0.1) is 5.56 Å². The van der Waals surface area contributed by atoms with E-state index in [-0.39, 0.29) is 5.69 Å². The first-order chi connectivity index (χ1) is 16.6. The topological polar surface area (TPSA) is 90.6 Å². The predicted octanol–water partition coefficient (Wildman–Crippen LogP) is 4.88. The van der Waals surface area contributed by atoms with Gasteiger partial charge in [-0.15, -0.1) is 0 Å². The van der Waals surface area contributed by atoms with Gasteiger partial charge in [-0.3, -0.25) is 9.59 Å². The number of ether oxygens (including phenoxy) is 2. The van der Waals surface area contributed by atoms with E-state index in [0.717, 1.165) is 25.1 Å². The van der Waals surface area contributed by atoms with Gasteiger partial charge in [0.25, 0.3) is 11.8 Å². The van der Waals surface area contributed by atoms with Gasteiger partial charge in [-0.2, -0.15) is 26.3 Å². The van der Waals surface area contributed by atoms with Crippen LogP contribution in [-0.2, 0) is 9.53 Å². The lowest BCUT2D eigenvalue weighted by Crippen LogP contribution is -2.47. The minimum Gasteiger partial charge on any atom is -0.431 e. The largest absolute Gasteiger partial charge is 0.431 e. The molecule has 0 aromatic heterocycles. The van der Waals surface area contributed by atoms with Crippen LogP contribution in [0.15, 0.2) is 30.3 Å². The maximum atomic E-state index is 14.4. The molecule has 1 fully saturated rings. The van der Waals surface area contributed by atoms with E-state index < -0.39 is 82.5 Å². The second-order valence-electron chi connectivity index (χ2n) is 8.16. The number of alkyl halides is 5. The van der Waals surface area contributed by atoms with Gasteiger partial charge in [0.15, 0.2) is 17.2 Å². The molecular formula is C22H18F8N2O4. The van der Waals surface area contributed by atoms with E-state index in [2.05, 4.69) is 10.1 Å². The third kappa shape index (κ3) is 4.81. The highest BCUT2D eigenvalue weighted by atomic mass is 19.4. The summed E-state index contributed by atoms with van der Waals surface area (Å²) in [4.78, 5) is 24.4. The van der Waals surface area contributed by atoms with Gasteiger partial charge in [0.2, 0.25) is 5.82 Å². The average molecular weight is 526 g/mol. The molecule has 36 heavy (non-hydrogen) atoms. The van der Waals surface area contributed by atoms with Gasteiger partial charge in [-0.25, -0.2) is 8.78 Å². The van der Waals surface area contributed by atoms with Gasteiger partial charge in [-0.05, 0) is 31.2 Å². The van der Waals surface area contributed by atoms with Crippen molar-refractivity contribution in [3.63, 3.8) is 0 Å². The van der Waals surface area contributed by atoms with Crippen LogP contribution in [-0.4, -0.2) is 36.3 Å². The molecule has 196 valence electrons. The molecule has 1 saturated heterocycles. The first kappa shape index (κ1) is 27.2. The molecule has 3 rings (SSSR count). The van der Waals surface area contributed by atoms with Crippen molar-refractivity contribution in [2.45, 2.75) is 44.3 Å². The Hall–Kier alpha value is -3.42. The predicted molar refractivity (Wildman–Crippen MR) is 108 cm³/mol. The normalized spacial score (nSPS) is 24.1.